The molecule has 1 rings (SSSR count). The molecule has 0 amide bonds. The van der Waals surface area contributed by atoms with Gasteiger partial charge in [0.1, 0.15) is 4.90 Å². The zero-order chi connectivity index (χ0) is 17.5. The third kappa shape index (κ3) is 6.23. The highest BCUT2D eigenvalue weighted by Gasteiger charge is 2.20. The molecule has 0 spiro atoms. The predicted molar refractivity (Wildman–Crippen MR) is 97.5 cm³/mol. The van der Waals surface area contributed by atoms with Crippen LogP contribution in [0.1, 0.15) is 20.3 Å². The molecule has 138 valence electrons. The van der Waals surface area contributed by atoms with Gasteiger partial charge in [-0.25, -0.2) is 13.1 Å². The minimum Gasteiger partial charge on any atom is -0.384 e. The van der Waals surface area contributed by atoms with Crippen LogP contribution in [0.2, 0.25) is 0 Å². The highest BCUT2D eigenvalue weighted by Crippen LogP contribution is 2.26. The molecule has 0 unspecified atom stereocenters. The molecule has 0 aromatic heterocycles. The first-order valence-corrected chi connectivity index (χ1v) is 9.02. The van der Waals surface area contributed by atoms with Crippen LogP contribution in [0, 0.1) is 10.1 Å². The molecule has 24 heavy (non-hydrogen) atoms. The molecule has 8 nitrogen and oxygen atoms in total. The van der Waals surface area contributed by atoms with Crippen molar-refractivity contribution in [3.63, 3.8) is 0 Å². The molecular formula is C14H25ClN4O4S. The maximum Gasteiger partial charge on any atom is 0.270 e. The van der Waals surface area contributed by atoms with E-state index in [2.05, 4.69) is 28.8 Å². The number of rotatable bonds is 10. The second-order valence-corrected chi connectivity index (χ2v) is 6.81. The number of nitro benzene ring substituents is 1. The quantitative estimate of drug-likeness (QED) is 0.366. The minimum atomic E-state index is -3.78. The summed E-state index contributed by atoms with van der Waals surface area (Å²) in [5, 5.41) is 13.9. The summed E-state index contributed by atoms with van der Waals surface area (Å²) in [7, 11) is -2.50. The first-order valence-electron chi connectivity index (χ1n) is 7.53. The summed E-state index contributed by atoms with van der Waals surface area (Å²) in [6.07, 6.45) is 0.845. The maximum absolute atomic E-state index is 12.0. The predicted octanol–water partition coefficient (Wildman–Crippen LogP) is 2.07. The molecule has 0 atom stereocenters. The third-order valence-electron chi connectivity index (χ3n) is 3.60. The molecule has 0 aliphatic rings. The van der Waals surface area contributed by atoms with Crippen LogP contribution < -0.4 is 10.0 Å². The van der Waals surface area contributed by atoms with Gasteiger partial charge in [-0.15, -0.1) is 12.4 Å². The number of benzene rings is 1. The van der Waals surface area contributed by atoms with Crippen molar-refractivity contribution in [2.45, 2.75) is 25.2 Å². The van der Waals surface area contributed by atoms with E-state index in [1.807, 2.05) is 0 Å². The second kappa shape index (κ2) is 10.4. The second-order valence-electron chi connectivity index (χ2n) is 4.95. The van der Waals surface area contributed by atoms with Gasteiger partial charge in [-0.2, -0.15) is 0 Å². The van der Waals surface area contributed by atoms with Gasteiger partial charge in [-0.3, -0.25) is 10.1 Å². The average molecular weight is 381 g/mol. The highest BCUT2D eigenvalue weighted by atomic mass is 35.5. The summed E-state index contributed by atoms with van der Waals surface area (Å²) in [5.74, 6) is 0. The van der Waals surface area contributed by atoms with Crippen molar-refractivity contribution in [3.8, 4) is 0 Å². The number of hydrogen-bond donors (Lipinski definition) is 2. The summed E-state index contributed by atoms with van der Waals surface area (Å²) >= 11 is 0. The molecule has 0 aliphatic heterocycles. The van der Waals surface area contributed by atoms with Crippen LogP contribution in [0.25, 0.3) is 0 Å². The fourth-order valence-corrected chi connectivity index (χ4v) is 3.09. The van der Waals surface area contributed by atoms with Gasteiger partial charge in [0, 0.05) is 18.7 Å². The van der Waals surface area contributed by atoms with Crippen molar-refractivity contribution in [2.75, 3.05) is 38.5 Å². The van der Waals surface area contributed by atoms with Crippen molar-refractivity contribution in [2.24, 2.45) is 0 Å². The number of hydrogen-bond acceptors (Lipinski definition) is 6. The van der Waals surface area contributed by atoms with Crippen LogP contribution in [0.4, 0.5) is 11.4 Å². The van der Waals surface area contributed by atoms with Crippen LogP contribution in [0.15, 0.2) is 23.1 Å². The van der Waals surface area contributed by atoms with Crippen molar-refractivity contribution in [1.29, 1.82) is 0 Å². The lowest BCUT2D eigenvalue weighted by Crippen LogP contribution is -2.26. The highest BCUT2D eigenvalue weighted by molar-refractivity contribution is 7.89. The average Bonchev–Trinajstić information content (AvgIpc) is 2.54. The Bertz CT molecular complexity index is 636. The Kier molecular flexibility index (Phi) is 9.83. The van der Waals surface area contributed by atoms with Gasteiger partial charge < -0.3 is 10.2 Å². The number of anilines is 1. The molecule has 0 saturated heterocycles. The van der Waals surface area contributed by atoms with Gasteiger partial charge in [-0.05, 0) is 39.2 Å². The Labute approximate surface area is 149 Å². The van der Waals surface area contributed by atoms with Crippen molar-refractivity contribution in [3.05, 3.63) is 28.3 Å². The third-order valence-corrected chi connectivity index (χ3v) is 5.05. The van der Waals surface area contributed by atoms with E-state index in [-0.39, 0.29) is 23.0 Å². The molecule has 1 aromatic carbocycles. The molecule has 0 fully saturated rings. The molecule has 0 bridgehead atoms. The number of sulfonamides is 1. The van der Waals surface area contributed by atoms with E-state index in [1.165, 1.54) is 19.2 Å². The zero-order valence-corrected chi connectivity index (χ0v) is 15.7. The van der Waals surface area contributed by atoms with Crippen molar-refractivity contribution in [1.82, 2.24) is 9.62 Å². The zero-order valence-electron chi connectivity index (χ0n) is 14.1. The van der Waals surface area contributed by atoms with Gasteiger partial charge in [0.05, 0.1) is 10.6 Å². The SMILES string of the molecule is CCN(CC)CCCNc1ccc([N+](=O)[O-])cc1S(=O)(=O)NC.Cl. The Hall–Kier alpha value is -1.42. The van der Waals surface area contributed by atoms with E-state index >= 15 is 0 Å². The van der Waals surface area contributed by atoms with Crippen LogP contribution in [-0.2, 0) is 10.0 Å². The summed E-state index contributed by atoms with van der Waals surface area (Å²) in [5.41, 5.74) is 0.108. The molecule has 0 radical (unpaired) electrons. The van der Waals surface area contributed by atoms with Crippen molar-refractivity contribution < 1.29 is 13.3 Å². The van der Waals surface area contributed by atoms with Gasteiger partial charge >= 0.3 is 0 Å². The van der Waals surface area contributed by atoms with E-state index in [1.54, 1.807) is 0 Å². The van der Waals surface area contributed by atoms with E-state index in [0.29, 0.717) is 12.2 Å². The summed E-state index contributed by atoms with van der Waals surface area (Å²) in [6.45, 7) is 7.60. The lowest BCUT2D eigenvalue weighted by molar-refractivity contribution is -0.385. The normalized spacial score (nSPS) is 11.2. The van der Waals surface area contributed by atoms with E-state index in [0.717, 1.165) is 32.1 Å². The smallest absolute Gasteiger partial charge is 0.270 e. The van der Waals surface area contributed by atoms with Crippen LogP contribution in [0.5, 0.6) is 0 Å². The number of nitrogens with one attached hydrogen (secondary N) is 2. The van der Waals surface area contributed by atoms with Crippen LogP contribution >= 0.6 is 12.4 Å². The topological polar surface area (TPSA) is 105 Å². The molecule has 0 heterocycles. The molecule has 10 heteroatoms. The van der Waals surface area contributed by atoms with E-state index in [4.69, 9.17) is 0 Å². The monoisotopic (exact) mass is 380 g/mol. The first-order chi connectivity index (χ1) is 10.9. The maximum atomic E-state index is 12.0. The van der Waals surface area contributed by atoms with Gasteiger partial charge in [0.25, 0.3) is 5.69 Å². The van der Waals surface area contributed by atoms with Gasteiger partial charge in [0.2, 0.25) is 10.0 Å². The van der Waals surface area contributed by atoms with Gasteiger partial charge in [-0.1, -0.05) is 13.8 Å². The lowest BCUT2D eigenvalue weighted by atomic mass is 10.2. The fourth-order valence-electron chi connectivity index (χ4n) is 2.17. The number of non-ortho nitro benzene ring substituents is 1. The molecule has 0 saturated carbocycles. The molecule has 1 aromatic rings. The number of nitrogens with zero attached hydrogens (tertiary/aromatic N) is 2. The fraction of sp³-hybridized carbons (Fsp3) is 0.571. The van der Waals surface area contributed by atoms with Crippen LogP contribution in [0.3, 0.4) is 0 Å². The molecular weight excluding hydrogens is 356 g/mol. The van der Waals surface area contributed by atoms with E-state index < -0.39 is 14.9 Å². The molecule has 0 aliphatic carbocycles. The first kappa shape index (κ1) is 22.6. The Morgan fingerprint density at radius 2 is 1.88 bits per heavy atom. The lowest BCUT2D eigenvalue weighted by Gasteiger charge is -2.18. The largest absolute Gasteiger partial charge is 0.384 e. The number of halogens is 1. The number of nitro groups is 1. The summed E-state index contributed by atoms with van der Waals surface area (Å²) < 4.78 is 26.3. The standard InChI is InChI=1S/C14H24N4O4S.ClH/c1-4-17(5-2)10-6-9-16-13-8-7-12(18(19)20)11-14(13)23(21,22)15-3;/h7-8,11,15-16H,4-6,9-10H2,1-3H3;1H. The summed E-state index contributed by atoms with van der Waals surface area (Å²) in [6, 6.07) is 3.79. The van der Waals surface area contributed by atoms with E-state index in [9.17, 15) is 18.5 Å². The Morgan fingerprint density at radius 3 is 2.38 bits per heavy atom. The minimum absolute atomic E-state index is 0. The Morgan fingerprint density at radius 1 is 1.25 bits per heavy atom. The summed E-state index contributed by atoms with van der Waals surface area (Å²) in [4.78, 5) is 12.4. The van der Waals surface area contributed by atoms with Gasteiger partial charge in [0.15, 0.2) is 0 Å². The van der Waals surface area contributed by atoms with Crippen LogP contribution in [-0.4, -0.2) is 51.5 Å². The van der Waals surface area contributed by atoms with Crippen molar-refractivity contribution >= 4 is 33.8 Å². The Balaban J connectivity index is 0.00000529. The molecule has 2 N–H and O–H groups in total.